The number of benzene rings is 3. The molecule has 0 radical (unpaired) electrons. The molecule has 2 heterocycles. The van der Waals surface area contributed by atoms with E-state index in [1.54, 1.807) is 11.0 Å². The van der Waals surface area contributed by atoms with Crippen LogP contribution in [0.1, 0.15) is 54.6 Å². The molecule has 8 heteroatoms. The Morgan fingerprint density at radius 1 is 0.952 bits per heavy atom. The van der Waals surface area contributed by atoms with Gasteiger partial charge in [0.25, 0.3) is 0 Å². The summed E-state index contributed by atoms with van der Waals surface area (Å²) < 4.78 is 28.1. The SMILES string of the molecule is CC(C)(C)OC(=O)N1CCC(c2ccc(OCCOC(=O)c3ccoc3)cc2)C(OCc2ccc3ccccc3c2)C1. The van der Waals surface area contributed by atoms with E-state index in [-0.39, 0.29) is 31.3 Å². The molecular formula is C34H37NO7. The number of carbonyl (C=O) groups is 2. The van der Waals surface area contributed by atoms with Gasteiger partial charge in [0.1, 0.15) is 30.8 Å². The van der Waals surface area contributed by atoms with Crippen LogP contribution in [0.5, 0.6) is 5.75 Å². The number of piperidine rings is 1. The Bertz CT molecular complexity index is 1470. The van der Waals surface area contributed by atoms with E-state index >= 15 is 0 Å². The highest BCUT2D eigenvalue weighted by molar-refractivity contribution is 5.88. The first-order valence-corrected chi connectivity index (χ1v) is 14.2. The Morgan fingerprint density at radius 2 is 1.74 bits per heavy atom. The molecule has 0 saturated carbocycles. The van der Waals surface area contributed by atoms with Gasteiger partial charge < -0.3 is 28.3 Å². The number of ether oxygens (including phenoxy) is 4. The predicted molar refractivity (Wildman–Crippen MR) is 159 cm³/mol. The van der Waals surface area contributed by atoms with E-state index < -0.39 is 11.6 Å². The molecule has 220 valence electrons. The van der Waals surface area contributed by atoms with Crippen LogP contribution in [-0.4, -0.2) is 55.0 Å². The lowest BCUT2D eigenvalue weighted by atomic mass is 9.87. The summed E-state index contributed by atoms with van der Waals surface area (Å²) in [5.74, 6) is 0.321. The second kappa shape index (κ2) is 13.1. The van der Waals surface area contributed by atoms with Crippen LogP contribution in [-0.2, 0) is 20.8 Å². The molecule has 0 spiro atoms. The molecule has 1 aromatic heterocycles. The van der Waals surface area contributed by atoms with Crippen molar-refractivity contribution in [2.24, 2.45) is 0 Å². The topological polar surface area (TPSA) is 87.4 Å². The number of fused-ring (bicyclic) bond motifs is 1. The summed E-state index contributed by atoms with van der Waals surface area (Å²) in [4.78, 5) is 26.6. The van der Waals surface area contributed by atoms with Crippen molar-refractivity contribution < 1.29 is 33.0 Å². The Kier molecular flexibility index (Phi) is 9.12. The van der Waals surface area contributed by atoms with Gasteiger partial charge >= 0.3 is 12.1 Å². The fourth-order valence-corrected chi connectivity index (χ4v) is 5.06. The van der Waals surface area contributed by atoms with E-state index in [9.17, 15) is 9.59 Å². The van der Waals surface area contributed by atoms with Crippen LogP contribution in [0.15, 0.2) is 89.7 Å². The van der Waals surface area contributed by atoms with Gasteiger partial charge in [-0.2, -0.15) is 0 Å². The third kappa shape index (κ3) is 7.70. The summed E-state index contributed by atoms with van der Waals surface area (Å²) in [6, 6.07) is 24.0. The zero-order valence-corrected chi connectivity index (χ0v) is 24.3. The molecular weight excluding hydrogens is 534 g/mol. The largest absolute Gasteiger partial charge is 0.490 e. The molecule has 2 atom stereocenters. The molecule has 0 N–H and O–H groups in total. The number of hydrogen-bond acceptors (Lipinski definition) is 7. The van der Waals surface area contributed by atoms with Crippen molar-refractivity contribution >= 4 is 22.8 Å². The first kappa shape index (κ1) is 29.2. The van der Waals surface area contributed by atoms with Gasteiger partial charge in [-0.3, -0.25) is 0 Å². The van der Waals surface area contributed by atoms with E-state index in [0.29, 0.717) is 31.0 Å². The molecule has 8 nitrogen and oxygen atoms in total. The van der Waals surface area contributed by atoms with E-state index in [0.717, 1.165) is 17.5 Å². The Labute approximate surface area is 246 Å². The number of likely N-dealkylation sites (tertiary alicyclic amines) is 1. The average Bonchev–Trinajstić information content (AvgIpc) is 3.53. The maximum atomic E-state index is 12.9. The number of hydrogen-bond donors (Lipinski definition) is 0. The van der Waals surface area contributed by atoms with Crippen molar-refractivity contribution in [3.63, 3.8) is 0 Å². The second-order valence-corrected chi connectivity index (χ2v) is 11.4. The monoisotopic (exact) mass is 571 g/mol. The number of nitrogens with zero attached hydrogens (tertiary/aromatic N) is 1. The van der Waals surface area contributed by atoms with E-state index in [2.05, 4.69) is 30.3 Å². The van der Waals surface area contributed by atoms with Crippen molar-refractivity contribution in [3.8, 4) is 5.75 Å². The maximum Gasteiger partial charge on any atom is 0.410 e. The number of carbonyl (C=O) groups excluding carboxylic acids is 2. The zero-order valence-electron chi connectivity index (χ0n) is 24.3. The number of amides is 1. The summed E-state index contributed by atoms with van der Waals surface area (Å²) >= 11 is 0. The van der Waals surface area contributed by atoms with Crippen molar-refractivity contribution in [3.05, 3.63) is 102 Å². The standard InChI is InChI=1S/C34H37NO7/c1-34(2,3)42-33(37)35-16-14-30(31(21-35)41-22-24-8-9-25-6-4-5-7-27(25)20-24)26-10-12-29(13-11-26)39-18-19-40-32(36)28-15-17-38-23-28/h4-13,15,17,20,23,30-31H,14,16,18-19,21-22H2,1-3H3. The van der Waals surface area contributed by atoms with Crippen LogP contribution in [0.3, 0.4) is 0 Å². The molecule has 3 aromatic carbocycles. The van der Waals surface area contributed by atoms with Crippen LogP contribution in [0.2, 0.25) is 0 Å². The Morgan fingerprint density at radius 3 is 2.48 bits per heavy atom. The minimum absolute atomic E-state index is 0.0918. The van der Waals surface area contributed by atoms with Crippen molar-refractivity contribution in [1.29, 1.82) is 0 Å². The fraction of sp³-hybridized carbons (Fsp3) is 0.353. The molecule has 5 rings (SSSR count). The van der Waals surface area contributed by atoms with Gasteiger partial charge in [0.15, 0.2) is 0 Å². The number of furan rings is 1. The van der Waals surface area contributed by atoms with Gasteiger partial charge in [0.2, 0.25) is 0 Å². The molecule has 1 fully saturated rings. The molecule has 2 unspecified atom stereocenters. The quantitative estimate of drug-likeness (QED) is 0.158. The zero-order chi connectivity index (χ0) is 29.5. The average molecular weight is 572 g/mol. The Balaban J connectivity index is 1.22. The second-order valence-electron chi connectivity index (χ2n) is 11.4. The van der Waals surface area contributed by atoms with Crippen LogP contribution < -0.4 is 4.74 Å². The minimum Gasteiger partial charge on any atom is -0.490 e. The van der Waals surface area contributed by atoms with Gasteiger partial charge in [-0.05, 0) is 73.4 Å². The van der Waals surface area contributed by atoms with Crippen molar-refractivity contribution in [2.75, 3.05) is 26.3 Å². The van der Waals surface area contributed by atoms with Crippen molar-refractivity contribution in [2.45, 2.75) is 51.4 Å². The molecule has 42 heavy (non-hydrogen) atoms. The summed E-state index contributed by atoms with van der Waals surface area (Å²) in [6.45, 7) is 7.43. The molecule has 4 aromatic rings. The first-order valence-electron chi connectivity index (χ1n) is 14.2. The third-order valence-electron chi connectivity index (χ3n) is 7.14. The fourth-order valence-electron chi connectivity index (χ4n) is 5.06. The van der Waals surface area contributed by atoms with Crippen molar-refractivity contribution in [1.82, 2.24) is 4.90 Å². The van der Waals surface area contributed by atoms with Gasteiger partial charge in [-0.15, -0.1) is 0 Å². The van der Waals surface area contributed by atoms with Gasteiger partial charge in [-0.1, -0.05) is 48.5 Å². The molecule has 1 aliphatic heterocycles. The van der Waals surface area contributed by atoms with Crippen LogP contribution in [0, 0.1) is 0 Å². The van der Waals surface area contributed by atoms with E-state index in [1.165, 1.54) is 23.3 Å². The summed E-state index contributed by atoms with van der Waals surface area (Å²) in [5.41, 5.74) is 2.00. The molecule has 0 bridgehead atoms. The Hall–Kier alpha value is -4.30. The summed E-state index contributed by atoms with van der Waals surface area (Å²) in [7, 11) is 0. The van der Waals surface area contributed by atoms with Gasteiger partial charge in [0, 0.05) is 12.5 Å². The number of esters is 1. The lowest BCUT2D eigenvalue weighted by Crippen LogP contribution is -2.48. The maximum absolute atomic E-state index is 12.9. The van der Waals surface area contributed by atoms with E-state index in [1.807, 2.05) is 57.2 Å². The van der Waals surface area contributed by atoms with Crippen LogP contribution >= 0.6 is 0 Å². The normalized spacial score (nSPS) is 17.2. The molecule has 1 saturated heterocycles. The molecule has 1 aliphatic rings. The third-order valence-corrected chi connectivity index (χ3v) is 7.14. The highest BCUT2D eigenvalue weighted by atomic mass is 16.6. The first-order chi connectivity index (χ1) is 20.2. The molecule has 0 aliphatic carbocycles. The highest BCUT2D eigenvalue weighted by Crippen LogP contribution is 2.33. The number of rotatable bonds is 9. The van der Waals surface area contributed by atoms with Crippen LogP contribution in [0.25, 0.3) is 10.8 Å². The lowest BCUT2D eigenvalue weighted by Gasteiger charge is -2.39. The predicted octanol–water partition coefficient (Wildman–Crippen LogP) is 6.98. The summed E-state index contributed by atoms with van der Waals surface area (Å²) in [6.07, 6.45) is 2.98. The minimum atomic E-state index is -0.567. The van der Waals surface area contributed by atoms with Gasteiger partial charge in [-0.25, -0.2) is 9.59 Å². The highest BCUT2D eigenvalue weighted by Gasteiger charge is 2.35. The summed E-state index contributed by atoms with van der Waals surface area (Å²) in [5, 5.41) is 2.35. The lowest BCUT2D eigenvalue weighted by molar-refractivity contribution is -0.0359. The smallest absolute Gasteiger partial charge is 0.410 e. The molecule has 1 amide bonds. The van der Waals surface area contributed by atoms with Gasteiger partial charge in [0.05, 0.1) is 31.1 Å². The van der Waals surface area contributed by atoms with Crippen LogP contribution in [0.4, 0.5) is 4.79 Å². The van der Waals surface area contributed by atoms with E-state index in [4.69, 9.17) is 23.4 Å².